The summed E-state index contributed by atoms with van der Waals surface area (Å²) in [6.07, 6.45) is 2.59. The molecule has 0 amide bonds. The summed E-state index contributed by atoms with van der Waals surface area (Å²) >= 11 is 0. The average molecular weight is 448 g/mol. The Morgan fingerprint density at radius 3 is 2.45 bits per heavy atom. The predicted molar refractivity (Wildman–Crippen MR) is 123 cm³/mol. The van der Waals surface area contributed by atoms with Gasteiger partial charge >= 0.3 is 11.9 Å². The summed E-state index contributed by atoms with van der Waals surface area (Å²) in [5.74, 6) is -0.287. The summed E-state index contributed by atoms with van der Waals surface area (Å²) in [4.78, 5) is 24.8. The van der Waals surface area contributed by atoms with Gasteiger partial charge in [0.05, 0.1) is 12.0 Å². The second-order valence-corrected chi connectivity index (χ2v) is 8.77. The molecule has 2 aromatic carbocycles. The van der Waals surface area contributed by atoms with Crippen LogP contribution in [-0.4, -0.2) is 18.0 Å². The van der Waals surface area contributed by atoms with E-state index in [0.717, 1.165) is 6.42 Å². The highest BCUT2D eigenvalue weighted by Crippen LogP contribution is 2.59. The molecule has 6 heteroatoms. The van der Waals surface area contributed by atoms with E-state index in [9.17, 15) is 14.9 Å². The number of carbonyl (C=O) groups is 2. The third kappa shape index (κ3) is 6.01. The number of para-hydroxylation sites is 1. The Labute approximate surface area is 194 Å². The Bertz CT molecular complexity index is 1050. The minimum atomic E-state index is -1.06. The van der Waals surface area contributed by atoms with Crippen molar-refractivity contribution in [2.75, 3.05) is 0 Å². The first kappa shape index (κ1) is 24.1. The van der Waals surface area contributed by atoms with Gasteiger partial charge in [0.15, 0.2) is 0 Å². The first-order valence-electron chi connectivity index (χ1n) is 11.1. The van der Waals surface area contributed by atoms with Crippen molar-refractivity contribution < 1.29 is 23.8 Å². The van der Waals surface area contributed by atoms with Crippen molar-refractivity contribution in [1.29, 1.82) is 5.26 Å². The van der Waals surface area contributed by atoms with Gasteiger partial charge in [-0.1, -0.05) is 57.2 Å². The topological polar surface area (TPSA) is 85.6 Å². The van der Waals surface area contributed by atoms with Crippen LogP contribution in [0.4, 0.5) is 0 Å². The van der Waals surface area contributed by atoms with Gasteiger partial charge in [0.2, 0.25) is 6.10 Å². The molecule has 1 aliphatic carbocycles. The molecular weight excluding hydrogens is 418 g/mol. The molecule has 2 aromatic rings. The molecule has 4 atom stereocenters. The number of esters is 2. The van der Waals surface area contributed by atoms with Crippen molar-refractivity contribution in [1.82, 2.24) is 0 Å². The zero-order valence-corrected chi connectivity index (χ0v) is 19.4. The number of allylic oxidation sites excluding steroid dienone is 1. The Hall–Kier alpha value is -3.59. The zero-order valence-electron chi connectivity index (χ0n) is 19.4. The highest BCUT2D eigenvalue weighted by molar-refractivity contribution is 5.83. The molecule has 1 unspecified atom stereocenters. The van der Waals surface area contributed by atoms with E-state index in [1.165, 1.54) is 6.08 Å². The van der Waals surface area contributed by atoms with Crippen LogP contribution in [0, 0.1) is 28.6 Å². The minimum absolute atomic E-state index is 0.159. The molecule has 0 N–H and O–H groups in total. The highest BCUT2D eigenvalue weighted by atomic mass is 16.5. The Kier molecular flexibility index (Phi) is 7.55. The first-order chi connectivity index (χ1) is 15.8. The lowest BCUT2D eigenvalue weighted by molar-refractivity contribution is -0.149. The van der Waals surface area contributed by atoms with Crippen molar-refractivity contribution in [3.8, 4) is 17.6 Å². The number of rotatable bonds is 9. The molecule has 0 aromatic heterocycles. The largest absolute Gasteiger partial charge is 0.460 e. The molecule has 33 heavy (non-hydrogen) atoms. The Morgan fingerprint density at radius 2 is 1.79 bits per heavy atom. The number of hydrogen-bond acceptors (Lipinski definition) is 6. The summed E-state index contributed by atoms with van der Waals surface area (Å²) in [6, 6.07) is 18.3. The summed E-state index contributed by atoms with van der Waals surface area (Å²) < 4.78 is 16.6. The molecule has 6 nitrogen and oxygen atoms in total. The van der Waals surface area contributed by atoms with Crippen LogP contribution in [0.5, 0.6) is 11.5 Å². The fraction of sp³-hybridized carbons (Fsp3) is 0.370. The van der Waals surface area contributed by atoms with Gasteiger partial charge in [0.25, 0.3) is 0 Å². The van der Waals surface area contributed by atoms with E-state index in [1.54, 1.807) is 30.3 Å². The van der Waals surface area contributed by atoms with Crippen LogP contribution in [0.3, 0.4) is 0 Å². The third-order valence-electron chi connectivity index (χ3n) is 5.99. The molecule has 1 aliphatic rings. The van der Waals surface area contributed by atoms with Crippen molar-refractivity contribution in [3.05, 3.63) is 72.3 Å². The standard InChI is InChI=1S/C27H29NO5/c1-5-18(2)31-24(29)15-14-22-25(27(22,3)4)26(30)33-23(17-28)19-10-9-13-21(16-19)32-20-11-7-6-8-12-20/h6-16,18,22-23,25H,5H2,1-4H3/b15-14-/t18?,22-,23+,25-/m0/s1. The molecule has 0 saturated heterocycles. The molecule has 3 rings (SSSR count). The smallest absolute Gasteiger partial charge is 0.330 e. The Morgan fingerprint density at radius 1 is 1.09 bits per heavy atom. The van der Waals surface area contributed by atoms with Gasteiger partial charge in [-0.2, -0.15) is 5.26 Å². The van der Waals surface area contributed by atoms with Crippen LogP contribution in [0.2, 0.25) is 0 Å². The number of nitriles is 1. The number of hydrogen-bond donors (Lipinski definition) is 0. The Balaban J connectivity index is 1.64. The quantitative estimate of drug-likeness (QED) is 0.359. The molecule has 0 aliphatic heterocycles. The van der Waals surface area contributed by atoms with Gasteiger partial charge in [0, 0.05) is 11.6 Å². The monoisotopic (exact) mass is 447 g/mol. The maximum atomic E-state index is 12.9. The highest BCUT2D eigenvalue weighted by Gasteiger charge is 2.61. The van der Waals surface area contributed by atoms with Crippen molar-refractivity contribution in [2.45, 2.75) is 46.3 Å². The maximum Gasteiger partial charge on any atom is 0.330 e. The summed E-state index contributed by atoms with van der Waals surface area (Å²) in [5.41, 5.74) is 0.157. The molecule has 0 spiro atoms. The second-order valence-electron chi connectivity index (χ2n) is 8.77. The van der Waals surface area contributed by atoms with Gasteiger partial charge < -0.3 is 14.2 Å². The van der Waals surface area contributed by atoms with Crippen LogP contribution in [0.25, 0.3) is 0 Å². The molecule has 172 valence electrons. The normalized spacial score (nSPS) is 20.3. The number of benzene rings is 2. The van der Waals surface area contributed by atoms with Gasteiger partial charge in [-0.3, -0.25) is 4.79 Å². The molecule has 0 radical (unpaired) electrons. The third-order valence-corrected chi connectivity index (χ3v) is 5.99. The maximum absolute atomic E-state index is 12.9. The predicted octanol–water partition coefficient (Wildman–Crippen LogP) is 5.76. The van der Waals surface area contributed by atoms with Gasteiger partial charge in [-0.25, -0.2) is 4.79 Å². The second kappa shape index (κ2) is 10.4. The van der Waals surface area contributed by atoms with Crippen molar-refractivity contribution in [2.24, 2.45) is 17.3 Å². The first-order valence-corrected chi connectivity index (χ1v) is 11.1. The lowest BCUT2D eigenvalue weighted by Crippen LogP contribution is -2.14. The number of nitrogens with zero attached hydrogens (tertiary/aromatic N) is 1. The van der Waals surface area contributed by atoms with Gasteiger partial charge in [-0.15, -0.1) is 0 Å². The van der Waals surface area contributed by atoms with Crippen LogP contribution < -0.4 is 4.74 Å². The lowest BCUT2D eigenvalue weighted by atomic mass is 10.1. The fourth-order valence-electron chi connectivity index (χ4n) is 3.71. The van der Waals surface area contributed by atoms with Crippen molar-refractivity contribution in [3.63, 3.8) is 0 Å². The van der Waals surface area contributed by atoms with E-state index in [0.29, 0.717) is 17.1 Å². The van der Waals surface area contributed by atoms with Gasteiger partial charge in [0.1, 0.15) is 17.6 Å². The van der Waals surface area contributed by atoms with Crippen LogP contribution >= 0.6 is 0 Å². The summed E-state index contributed by atoms with van der Waals surface area (Å²) in [7, 11) is 0. The number of ether oxygens (including phenoxy) is 3. The summed E-state index contributed by atoms with van der Waals surface area (Å²) in [6.45, 7) is 7.63. The van der Waals surface area contributed by atoms with E-state index >= 15 is 0 Å². The van der Waals surface area contributed by atoms with E-state index in [2.05, 4.69) is 6.07 Å². The minimum Gasteiger partial charge on any atom is -0.460 e. The molecular formula is C27H29NO5. The SMILES string of the molecule is CCC(C)OC(=O)/C=C\[C@H]1[C@@H](C(=O)O[C@H](C#N)c2cccc(Oc3ccccc3)c2)C1(C)C. The van der Waals surface area contributed by atoms with E-state index < -0.39 is 24.0 Å². The molecule has 0 bridgehead atoms. The van der Waals surface area contributed by atoms with Crippen LogP contribution in [0.1, 0.15) is 45.8 Å². The molecule has 1 saturated carbocycles. The van der Waals surface area contributed by atoms with E-state index in [4.69, 9.17) is 14.2 Å². The molecule has 1 fully saturated rings. The van der Waals surface area contributed by atoms with E-state index in [-0.39, 0.29) is 17.4 Å². The zero-order chi connectivity index (χ0) is 24.0. The number of carbonyl (C=O) groups excluding carboxylic acids is 2. The van der Waals surface area contributed by atoms with Crippen LogP contribution in [0.15, 0.2) is 66.7 Å². The van der Waals surface area contributed by atoms with Crippen molar-refractivity contribution >= 4 is 11.9 Å². The van der Waals surface area contributed by atoms with Gasteiger partial charge in [-0.05, 0) is 48.9 Å². The fourth-order valence-corrected chi connectivity index (χ4v) is 3.71. The molecule has 0 heterocycles. The average Bonchev–Trinajstić information content (AvgIpc) is 3.36. The van der Waals surface area contributed by atoms with E-state index in [1.807, 2.05) is 58.0 Å². The summed E-state index contributed by atoms with van der Waals surface area (Å²) in [5, 5.41) is 9.65. The lowest BCUT2D eigenvalue weighted by Gasteiger charge is -2.13. The van der Waals surface area contributed by atoms with Crippen LogP contribution in [-0.2, 0) is 19.1 Å².